The van der Waals surface area contributed by atoms with E-state index in [-0.39, 0.29) is 0 Å². The Labute approximate surface area is 60.7 Å². The first kappa shape index (κ1) is 5.26. The lowest BCUT2D eigenvalue weighted by atomic mass is 10.4. The molecule has 2 aromatic rings. The van der Waals surface area contributed by atoms with Crippen molar-refractivity contribution in [1.29, 1.82) is 0 Å². The van der Waals surface area contributed by atoms with Crippen LogP contribution in [-0.4, -0.2) is 0 Å². The van der Waals surface area contributed by atoms with E-state index in [9.17, 15) is 0 Å². The molecule has 0 aliphatic rings. The smallest absolute Gasteiger partial charge is 0.0945 e. The van der Waals surface area contributed by atoms with Gasteiger partial charge in [0, 0.05) is 15.5 Å². The highest BCUT2D eigenvalue weighted by atomic mass is 32.1. The average Bonchev–Trinajstić information content (AvgIpc) is 2.35. The summed E-state index contributed by atoms with van der Waals surface area (Å²) in [6, 6.07) is 2.06. The molecule has 46 valence electrons. The fraction of sp³-hybridized carbons (Fsp3) is 0. The third-order valence-electron chi connectivity index (χ3n) is 1.25. The van der Waals surface area contributed by atoms with Crippen molar-refractivity contribution in [1.82, 2.24) is 0 Å². The zero-order chi connectivity index (χ0) is 6.27. The molecule has 3 heteroatoms. The first-order chi connectivity index (χ1) is 4.38. The van der Waals surface area contributed by atoms with Crippen molar-refractivity contribution >= 4 is 37.8 Å². The highest BCUT2D eigenvalue weighted by Crippen LogP contribution is 2.31. The van der Waals surface area contributed by atoms with Crippen LogP contribution < -0.4 is 5.73 Å². The van der Waals surface area contributed by atoms with Crippen LogP contribution in [0.25, 0.3) is 10.1 Å². The molecule has 0 aromatic carbocycles. The number of nitrogen functional groups attached to an aromatic ring is 1. The molecule has 0 radical (unpaired) electrons. The minimum absolute atomic E-state index is 0.936. The largest absolute Gasteiger partial charge is 0.390 e. The minimum Gasteiger partial charge on any atom is -0.390 e. The molecule has 2 aromatic heterocycles. The fourth-order valence-electron chi connectivity index (χ4n) is 0.796. The lowest BCUT2D eigenvalue weighted by molar-refractivity contribution is 2.05. The summed E-state index contributed by atoms with van der Waals surface area (Å²) in [5, 5.41) is 6.31. The quantitative estimate of drug-likeness (QED) is 0.621. The third-order valence-corrected chi connectivity index (χ3v) is 3.09. The van der Waals surface area contributed by atoms with E-state index in [0.29, 0.717) is 0 Å². The van der Waals surface area contributed by atoms with Gasteiger partial charge in [-0.3, -0.25) is 0 Å². The van der Waals surface area contributed by atoms with E-state index in [4.69, 9.17) is 5.73 Å². The molecule has 0 bridgehead atoms. The summed E-state index contributed by atoms with van der Waals surface area (Å²) in [5.74, 6) is 0. The van der Waals surface area contributed by atoms with Crippen LogP contribution in [0.4, 0.5) is 5.00 Å². The molecule has 0 amide bonds. The van der Waals surface area contributed by atoms with Gasteiger partial charge >= 0.3 is 0 Å². The van der Waals surface area contributed by atoms with Gasteiger partial charge in [0.1, 0.15) is 0 Å². The highest BCUT2D eigenvalue weighted by Gasteiger charge is 1.98. The zero-order valence-electron chi connectivity index (χ0n) is 4.63. The van der Waals surface area contributed by atoms with E-state index in [1.54, 1.807) is 22.7 Å². The van der Waals surface area contributed by atoms with Crippen molar-refractivity contribution in [2.24, 2.45) is 0 Å². The highest BCUT2D eigenvalue weighted by molar-refractivity contribution is 7.23. The first-order valence-electron chi connectivity index (χ1n) is 2.58. The first-order valence-corrected chi connectivity index (χ1v) is 4.34. The van der Waals surface area contributed by atoms with Gasteiger partial charge in [-0.1, -0.05) is 0 Å². The number of nitrogens with two attached hydrogens (primary N) is 1. The SMILES string of the molecule is Nc1scc2sccc12. The summed E-state index contributed by atoms with van der Waals surface area (Å²) in [6.07, 6.45) is 0. The molecule has 1 nitrogen and oxygen atoms in total. The average molecular weight is 155 g/mol. The van der Waals surface area contributed by atoms with Crippen molar-refractivity contribution in [2.75, 3.05) is 5.73 Å². The summed E-state index contributed by atoms with van der Waals surface area (Å²) in [6.45, 7) is 0. The second kappa shape index (κ2) is 1.72. The monoisotopic (exact) mass is 155 g/mol. The van der Waals surface area contributed by atoms with E-state index in [0.717, 1.165) is 5.00 Å². The molecule has 0 saturated heterocycles. The maximum Gasteiger partial charge on any atom is 0.0945 e. The van der Waals surface area contributed by atoms with E-state index in [1.165, 1.54) is 10.1 Å². The normalized spacial score (nSPS) is 10.7. The second-order valence-corrected chi connectivity index (χ2v) is 3.66. The Morgan fingerprint density at radius 1 is 1.33 bits per heavy atom. The summed E-state index contributed by atoms with van der Waals surface area (Å²) in [5.41, 5.74) is 5.65. The van der Waals surface area contributed by atoms with Gasteiger partial charge < -0.3 is 5.73 Å². The number of thiophene rings is 2. The van der Waals surface area contributed by atoms with Crippen LogP contribution in [0.1, 0.15) is 0 Å². The molecule has 0 unspecified atom stereocenters. The predicted octanol–water partition coefficient (Wildman–Crippen LogP) is 2.54. The molecule has 0 atom stereocenters. The van der Waals surface area contributed by atoms with Crippen LogP contribution in [0.2, 0.25) is 0 Å². The van der Waals surface area contributed by atoms with Crippen molar-refractivity contribution in [3.8, 4) is 0 Å². The zero-order valence-corrected chi connectivity index (χ0v) is 6.26. The van der Waals surface area contributed by atoms with Gasteiger partial charge in [0.25, 0.3) is 0 Å². The van der Waals surface area contributed by atoms with Crippen LogP contribution in [0.15, 0.2) is 16.8 Å². The molecule has 0 fully saturated rings. The minimum atomic E-state index is 0.936. The number of rotatable bonds is 0. The Kier molecular flexibility index (Phi) is 1.00. The Balaban J connectivity index is 2.99. The molecule has 0 aliphatic heterocycles. The molecule has 0 saturated carbocycles. The fourth-order valence-corrected chi connectivity index (χ4v) is 2.55. The van der Waals surface area contributed by atoms with Gasteiger partial charge in [-0.15, -0.1) is 22.7 Å². The van der Waals surface area contributed by atoms with Gasteiger partial charge in [0.15, 0.2) is 0 Å². The van der Waals surface area contributed by atoms with Crippen molar-refractivity contribution in [3.05, 3.63) is 16.8 Å². The van der Waals surface area contributed by atoms with Gasteiger partial charge in [-0.2, -0.15) is 0 Å². The number of hydrogen-bond acceptors (Lipinski definition) is 3. The Hall–Kier alpha value is -0.540. The summed E-state index contributed by atoms with van der Waals surface area (Å²) in [4.78, 5) is 0. The van der Waals surface area contributed by atoms with Gasteiger partial charge in [-0.25, -0.2) is 0 Å². The second-order valence-electron chi connectivity index (χ2n) is 1.80. The number of fused-ring (bicyclic) bond motifs is 1. The van der Waals surface area contributed by atoms with Gasteiger partial charge in [0.05, 0.1) is 5.00 Å². The van der Waals surface area contributed by atoms with E-state index in [2.05, 4.69) is 16.8 Å². The molecule has 2 heterocycles. The lowest BCUT2D eigenvalue weighted by Crippen LogP contribution is -1.74. The van der Waals surface area contributed by atoms with Gasteiger partial charge in [-0.05, 0) is 11.4 Å². The van der Waals surface area contributed by atoms with Crippen LogP contribution in [0.5, 0.6) is 0 Å². The molecule has 0 spiro atoms. The standard InChI is InChI=1S/C6H5NS2/c7-6-4-1-2-8-5(4)3-9-6/h1-3H,7H2. The van der Waals surface area contributed by atoms with E-state index in [1.807, 2.05) is 0 Å². The van der Waals surface area contributed by atoms with Crippen LogP contribution >= 0.6 is 22.7 Å². The maximum atomic E-state index is 5.65. The summed E-state index contributed by atoms with van der Waals surface area (Å²) >= 11 is 3.35. The number of hydrogen-bond donors (Lipinski definition) is 1. The Morgan fingerprint density at radius 2 is 2.22 bits per heavy atom. The Morgan fingerprint density at radius 3 is 3.00 bits per heavy atom. The van der Waals surface area contributed by atoms with Crippen LogP contribution in [0.3, 0.4) is 0 Å². The predicted molar refractivity (Wildman–Crippen MR) is 44.1 cm³/mol. The maximum absolute atomic E-state index is 5.65. The topological polar surface area (TPSA) is 26.0 Å². The van der Waals surface area contributed by atoms with Crippen molar-refractivity contribution < 1.29 is 0 Å². The third kappa shape index (κ3) is 0.653. The van der Waals surface area contributed by atoms with E-state index >= 15 is 0 Å². The molecule has 2 N–H and O–H groups in total. The molecule has 0 aliphatic carbocycles. The van der Waals surface area contributed by atoms with Crippen molar-refractivity contribution in [3.63, 3.8) is 0 Å². The van der Waals surface area contributed by atoms with Crippen molar-refractivity contribution in [2.45, 2.75) is 0 Å². The summed E-state index contributed by atoms with van der Waals surface area (Å²) < 4.78 is 1.30. The lowest BCUT2D eigenvalue weighted by Gasteiger charge is -1.77. The molecule has 9 heavy (non-hydrogen) atoms. The van der Waals surface area contributed by atoms with Crippen LogP contribution in [0, 0.1) is 0 Å². The Bertz CT molecular complexity index is 320. The summed E-state index contributed by atoms with van der Waals surface area (Å²) in [7, 11) is 0. The van der Waals surface area contributed by atoms with E-state index < -0.39 is 0 Å². The van der Waals surface area contributed by atoms with Gasteiger partial charge in [0.2, 0.25) is 0 Å². The van der Waals surface area contributed by atoms with Crippen LogP contribution in [-0.2, 0) is 0 Å². The molecular formula is C6H5NS2. The molecular weight excluding hydrogens is 150 g/mol. The number of anilines is 1. The molecule has 2 rings (SSSR count).